The van der Waals surface area contributed by atoms with Crippen LogP contribution in [0, 0.1) is 0 Å². The van der Waals surface area contributed by atoms with Gasteiger partial charge in [-0.05, 0) is 29.3 Å². The minimum absolute atomic E-state index is 0.0616. The number of hydrogen-bond acceptors (Lipinski definition) is 4. The molecule has 0 spiro atoms. The number of rotatable bonds is 7. The van der Waals surface area contributed by atoms with Gasteiger partial charge in [-0.1, -0.05) is 24.3 Å². The first-order valence-corrected chi connectivity index (χ1v) is 7.65. The van der Waals surface area contributed by atoms with Gasteiger partial charge < -0.3 is 25.8 Å². The molecule has 0 heterocycles. The third-order valence-electron chi connectivity index (χ3n) is 3.53. The van der Waals surface area contributed by atoms with Crippen LogP contribution in [-0.2, 0) is 17.8 Å². The Kier molecular flexibility index (Phi) is 6.22. The number of anilines is 1. The predicted molar refractivity (Wildman–Crippen MR) is 94.7 cm³/mol. The van der Waals surface area contributed by atoms with Crippen molar-refractivity contribution in [2.45, 2.75) is 13.0 Å². The van der Waals surface area contributed by atoms with Crippen molar-refractivity contribution < 1.29 is 19.1 Å². The Morgan fingerprint density at radius 2 is 1.76 bits per heavy atom. The fraction of sp³-hybridized carbons (Fsp3) is 0.222. The Balaban J connectivity index is 1.99. The van der Waals surface area contributed by atoms with Gasteiger partial charge >= 0.3 is 6.03 Å². The lowest BCUT2D eigenvalue weighted by atomic mass is 10.1. The van der Waals surface area contributed by atoms with Crippen molar-refractivity contribution in [2.75, 3.05) is 19.5 Å². The van der Waals surface area contributed by atoms with Crippen LogP contribution in [0.3, 0.4) is 0 Å². The monoisotopic (exact) mass is 343 g/mol. The molecule has 0 bridgehead atoms. The number of nitrogens with one attached hydrogen (secondary N) is 2. The number of ether oxygens (including phenoxy) is 2. The molecule has 0 atom stereocenters. The number of para-hydroxylation sites is 1. The van der Waals surface area contributed by atoms with Crippen LogP contribution >= 0.6 is 0 Å². The lowest BCUT2D eigenvalue weighted by Crippen LogP contribution is -2.29. The molecule has 2 aromatic rings. The summed E-state index contributed by atoms with van der Waals surface area (Å²) in [5.74, 6) is 0.755. The maximum absolute atomic E-state index is 12.1. The van der Waals surface area contributed by atoms with E-state index >= 15 is 0 Å². The molecule has 4 N–H and O–H groups in total. The molecule has 25 heavy (non-hydrogen) atoms. The summed E-state index contributed by atoms with van der Waals surface area (Å²) >= 11 is 0. The van der Waals surface area contributed by atoms with E-state index in [1.54, 1.807) is 50.6 Å². The Morgan fingerprint density at radius 1 is 1.04 bits per heavy atom. The second-order valence-corrected chi connectivity index (χ2v) is 5.30. The highest BCUT2D eigenvalue weighted by molar-refractivity contribution is 5.91. The Morgan fingerprint density at radius 3 is 2.44 bits per heavy atom. The summed E-state index contributed by atoms with van der Waals surface area (Å²) in [7, 11) is 3.12. The number of nitrogens with two attached hydrogens (primary N) is 1. The van der Waals surface area contributed by atoms with E-state index in [9.17, 15) is 9.59 Å². The molecule has 0 saturated heterocycles. The van der Waals surface area contributed by atoms with Gasteiger partial charge in [-0.25, -0.2) is 4.79 Å². The first-order chi connectivity index (χ1) is 12.0. The summed E-state index contributed by atoms with van der Waals surface area (Å²) < 4.78 is 10.4. The summed E-state index contributed by atoms with van der Waals surface area (Å²) in [5, 5.41) is 5.48. The van der Waals surface area contributed by atoms with Gasteiger partial charge in [0.1, 0.15) is 0 Å². The molecule has 3 amide bonds. The SMILES string of the molecule is COc1ccc(CNC(=O)Nc2ccccc2CC(N)=O)cc1OC. The van der Waals surface area contributed by atoms with Crippen molar-refractivity contribution in [2.24, 2.45) is 5.73 Å². The number of methoxy groups -OCH3 is 2. The first kappa shape index (κ1) is 18.1. The van der Waals surface area contributed by atoms with Crippen molar-refractivity contribution in [1.82, 2.24) is 5.32 Å². The van der Waals surface area contributed by atoms with E-state index in [1.165, 1.54) is 0 Å². The van der Waals surface area contributed by atoms with E-state index in [2.05, 4.69) is 10.6 Å². The summed E-state index contributed by atoms with van der Waals surface area (Å²) in [6.07, 6.45) is 0.0616. The standard InChI is InChI=1S/C18H21N3O4/c1-24-15-8-7-12(9-16(15)25-2)11-20-18(23)21-14-6-4-3-5-13(14)10-17(19)22/h3-9H,10-11H2,1-2H3,(H2,19,22)(H2,20,21,23). The first-order valence-electron chi connectivity index (χ1n) is 7.65. The van der Waals surface area contributed by atoms with Gasteiger partial charge in [0.15, 0.2) is 11.5 Å². The molecule has 7 heteroatoms. The number of hydrogen-bond donors (Lipinski definition) is 3. The minimum Gasteiger partial charge on any atom is -0.493 e. The van der Waals surface area contributed by atoms with Crippen molar-refractivity contribution in [3.63, 3.8) is 0 Å². The topological polar surface area (TPSA) is 103 Å². The zero-order chi connectivity index (χ0) is 18.2. The number of urea groups is 1. The second-order valence-electron chi connectivity index (χ2n) is 5.30. The number of carbonyl (C=O) groups excluding carboxylic acids is 2. The van der Waals surface area contributed by atoms with Crippen molar-refractivity contribution in [3.8, 4) is 11.5 Å². The van der Waals surface area contributed by atoms with Crippen LogP contribution in [0.25, 0.3) is 0 Å². The van der Waals surface area contributed by atoms with Crippen LogP contribution in [0.1, 0.15) is 11.1 Å². The van der Waals surface area contributed by atoms with E-state index in [1.807, 2.05) is 6.07 Å². The maximum atomic E-state index is 12.1. The molecule has 0 aliphatic heterocycles. The lowest BCUT2D eigenvalue weighted by molar-refractivity contribution is -0.117. The van der Waals surface area contributed by atoms with Crippen molar-refractivity contribution >= 4 is 17.6 Å². The molecule has 0 aliphatic carbocycles. The van der Waals surface area contributed by atoms with Gasteiger partial charge in [-0.2, -0.15) is 0 Å². The van der Waals surface area contributed by atoms with Crippen LogP contribution in [0.5, 0.6) is 11.5 Å². The normalized spacial score (nSPS) is 10.0. The van der Waals surface area contributed by atoms with Gasteiger partial charge in [0.05, 0.1) is 20.6 Å². The average molecular weight is 343 g/mol. The molecule has 0 aliphatic rings. The van der Waals surface area contributed by atoms with E-state index in [0.29, 0.717) is 29.3 Å². The highest BCUT2D eigenvalue weighted by Gasteiger charge is 2.09. The highest BCUT2D eigenvalue weighted by atomic mass is 16.5. The Hall–Kier alpha value is -3.22. The lowest BCUT2D eigenvalue weighted by Gasteiger charge is -2.12. The molecule has 0 aromatic heterocycles. The summed E-state index contributed by atoms with van der Waals surface area (Å²) in [4.78, 5) is 23.2. The van der Waals surface area contributed by atoms with Crippen molar-refractivity contribution in [1.29, 1.82) is 0 Å². The van der Waals surface area contributed by atoms with Gasteiger partial charge in [0.2, 0.25) is 5.91 Å². The van der Waals surface area contributed by atoms with Crippen molar-refractivity contribution in [3.05, 3.63) is 53.6 Å². The fourth-order valence-electron chi connectivity index (χ4n) is 2.32. The molecule has 0 fully saturated rings. The van der Waals surface area contributed by atoms with Gasteiger partial charge in [-0.15, -0.1) is 0 Å². The fourth-order valence-corrected chi connectivity index (χ4v) is 2.32. The predicted octanol–water partition coefficient (Wildman–Crippen LogP) is 2.05. The molecule has 7 nitrogen and oxygen atoms in total. The molecular formula is C18H21N3O4. The second kappa shape index (κ2) is 8.58. The molecule has 132 valence electrons. The van der Waals surface area contributed by atoms with Gasteiger partial charge in [0.25, 0.3) is 0 Å². The zero-order valence-corrected chi connectivity index (χ0v) is 14.2. The molecule has 0 radical (unpaired) electrons. The smallest absolute Gasteiger partial charge is 0.319 e. The average Bonchev–Trinajstić information content (AvgIpc) is 2.61. The van der Waals surface area contributed by atoms with Gasteiger partial charge in [0, 0.05) is 12.2 Å². The number of benzene rings is 2. The van der Waals surface area contributed by atoms with Crippen LogP contribution in [-0.4, -0.2) is 26.2 Å². The molecule has 0 unspecified atom stereocenters. The van der Waals surface area contributed by atoms with Crippen LogP contribution in [0.15, 0.2) is 42.5 Å². The van der Waals surface area contributed by atoms with Crippen LogP contribution < -0.4 is 25.8 Å². The zero-order valence-electron chi connectivity index (χ0n) is 14.2. The Bertz CT molecular complexity index is 762. The molecule has 0 saturated carbocycles. The van der Waals surface area contributed by atoms with E-state index in [0.717, 1.165) is 5.56 Å². The minimum atomic E-state index is -0.458. The number of primary amides is 1. The highest BCUT2D eigenvalue weighted by Crippen LogP contribution is 2.27. The van der Waals surface area contributed by atoms with E-state index < -0.39 is 5.91 Å². The largest absolute Gasteiger partial charge is 0.493 e. The maximum Gasteiger partial charge on any atom is 0.319 e. The summed E-state index contributed by atoms with van der Waals surface area (Å²) in [6, 6.07) is 12.0. The molecular weight excluding hydrogens is 322 g/mol. The number of carbonyl (C=O) groups is 2. The van der Waals surface area contributed by atoms with Gasteiger partial charge in [-0.3, -0.25) is 4.79 Å². The van der Waals surface area contributed by atoms with E-state index in [4.69, 9.17) is 15.2 Å². The molecule has 2 rings (SSSR count). The van der Waals surface area contributed by atoms with E-state index in [-0.39, 0.29) is 12.5 Å². The van der Waals surface area contributed by atoms with Crippen LogP contribution in [0.4, 0.5) is 10.5 Å². The van der Waals surface area contributed by atoms with Crippen LogP contribution in [0.2, 0.25) is 0 Å². The third-order valence-corrected chi connectivity index (χ3v) is 3.53. The Labute approximate surface area is 146 Å². The quantitative estimate of drug-likeness (QED) is 0.716. The number of amides is 3. The molecule has 2 aromatic carbocycles. The summed E-state index contributed by atoms with van der Waals surface area (Å²) in [6.45, 7) is 0.310. The third kappa shape index (κ3) is 5.13. The summed E-state index contributed by atoms with van der Waals surface area (Å²) in [5.41, 5.74) is 7.29.